The molecular weight excluding hydrogens is 332 g/mol. The molecule has 1 aliphatic rings. The van der Waals surface area contributed by atoms with Crippen LogP contribution in [0.25, 0.3) is 0 Å². The first-order valence-corrected chi connectivity index (χ1v) is 9.53. The van der Waals surface area contributed by atoms with Gasteiger partial charge in [0.2, 0.25) is 0 Å². The molecule has 1 atom stereocenters. The highest BCUT2D eigenvalue weighted by molar-refractivity contribution is 5.95. The van der Waals surface area contributed by atoms with Crippen LogP contribution in [0.1, 0.15) is 34.3 Å². The molecule has 27 heavy (non-hydrogen) atoms. The number of hydrogen-bond donors (Lipinski definition) is 2. The number of benzene rings is 3. The first kappa shape index (κ1) is 17.5. The maximum absolute atomic E-state index is 13.2. The van der Waals surface area contributed by atoms with Crippen LogP contribution in [0.5, 0.6) is 0 Å². The van der Waals surface area contributed by atoms with E-state index in [0.29, 0.717) is 5.56 Å². The van der Waals surface area contributed by atoms with Crippen LogP contribution in [-0.2, 0) is 5.54 Å². The van der Waals surface area contributed by atoms with E-state index in [1.54, 1.807) is 0 Å². The fourth-order valence-electron chi connectivity index (χ4n) is 4.10. The minimum atomic E-state index is -0.619. The van der Waals surface area contributed by atoms with Crippen LogP contribution < -0.4 is 10.6 Å². The zero-order valence-electron chi connectivity index (χ0n) is 15.3. The molecule has 0 radical (unpaired) electrons. The molecule has 4 rings (SSSR count). The molecule has 1 heterocycles. The monoisotopic (exact) mass is 356 g/mol. The van der Waals surface area contributed by atoms with Gasteiger partial charge in [-0.15, -0.1) is 0 Å². The van der Waals surface area contributed by atoms with E-state index in [4.69, 9.17) is 0 Å². The van der Waals surface area contributed by atoms with E-state index in [1.807, 2.05) is 66.7 Å². The molecule has 3 heteroatoms. The normalized spacial score (nSPS) is 16.8. The largest absolute Gasteiger partial charge is 0.337 e. The highest BCUT2D eigenvalue weighted by Gasteiger charge is 2.44. The molecular formula is C24H24N2O. The Labute approximate surface area is 160 Å². The second kappa shape index (κ2) is 7.77. The fraction of sp³-hybridized carbons (Fsp3) is 0.208. The minimum Gasteiger partial charge on any atom is -0.337 e. The second-order valence-electron chi connectivity index (χ2n) is 7.01. The first-order valence-electron chi connectivity index (χ1n) is 9.53. The van der Waals surface area contributed by atoms with Crippen molar-refractivity contribution >= 4 is 5.91 Å². The van der Waals surface area contributed by atoms with Crippen LogP contribution in [0.4, 0.5) is 0 Å². The smallest absolute Gasteiger partial charge is 0.252 e. The van der Waals surface area contributed by atoms with Gasteiger partial charge in [0, 0.05) is 11.6 Å². The first-order chi connectivity index (χ1) is 13.3. The number of nitrogens with one attached hydrogen (secondary N) is 2. The molecule has 1 aliphatic heterocycles. The van der Waals surface area contributed by atoms with Gasteiger partial charge in [0.25, 0.3) is 5.91 Å². The molecule has 0 unspecified atom stereocenters. The maximum Gasteiger partial charge on any atom is 0.252 e. The zero-order valence-corrected chi connectivity index (χ0v) is 15.3. The highest BCUT2D eigenvalue weighted by atomic mass is 16.1. The number of carbonyl (C=O) groups is 1. The van der Waals surface area contributed by atoms with Crippen LogP contribution in [-0.4, -0.2) is 18.5 Å². The van der Waals surface area contributed by atoms with Crippen LogP contribution >= 0.6 is 0 Å². The Morgan fingerprint density at radius 2 is 1.33 bits per heavy atom. The van der Waals surface area contributed by atoms with Crippen molar-refractivity contribution in [2.24, 2.45) is 0 Å². The quantitative estimate of drug-likeness (QED) is 0.722. The number of carbonyl (C=O) groups excluding carboxylic acids is 1. The van der Waals surface area contributed by atoms with Gasteiger partial charge in [-0.05, 0) is 42.6 Å². The van der Waals surface area contributed by atoms with Crippen molar-refractivity contribution in [1.29, 1.82) is 0 Å². The minimum absolute atomic E-state index is 0.0583. The molecule has 3 nitrogen and oxygen atoms in total. The molecule has 0 aromatic heterocycles. The molecule has 2 N–H and O–H groups in total. The predicted molar refractivity (Wildman–Crippen MR) is 109 cm³/mol. The standard InChI is InChI=1S/C24H24N2O/c27-23(19-11-4-1-5-12-19)26-24(22-17-10-18-25-22,20-13-6-2-7-14-20)21-15-8-3-9-16-21/h1-9,11-16,22,25H,10,17-18H2,(H,26,27)/t22-/m0/s1. The van der Waals surface area contributed by atoms with Crippen molar-refractivity contribution in [3.05, 3.63) is 108 Å². The molecule has 0 bridgehead atoms. The van der Waals surface area contributed by atoms with Gasteiger partial charge < -0.3 is 10.6 Å². The summed E-state index contributed by atoms with van der Waals surface area (Å²) in [4.78, 5) is 13.2. The summed E-state index contributed by atoms with van der Waals surface area (Å²) in [5, 5.41) is 7.06. The highest BCUT2D eigenvalue weighted by Crippen LogP contribution is 2.37. The third-order valence-electron chi connectivity index (χ3n) is 5.39. The van der Waals surface area contributed by atoms with E-state index >= 15 is 0 Å². The molecule has 3 aromatic carbocycles. The average molecular weight is 356 g/mol. The van der Waals surface area contributed by atoms with Crippen molar-refractivity contribution in [3.8, 4) is 0 Å². The van der Waals surface area contributed by atoms with Crippen LogP contribution in [0.15, 0.2) is 91.0 Å². The van der Waals surface area contributed by atoms with Crippen molar-refractivity contribution in [3.63, 3.8) is 0 Å². The van der Waals surface area contributed by atoms with E-state index in [9.17, 15) is 4.79 Å². The molecule has 1 saturated heterocycles. The van der Waals surface area contributed by atoms with Gasteiger partial charge >= 0.3 is 0 Å². The summed E-state index contributed by atoms with van der Waals surface area (Å²) < 4.78 is 0. The van der Waals surface area contributed by atoms with Gasteiger partial charge in [-0.1, -0.05) is 78.9 Å². The summed E-state index contributed by atoms with van der Waals surface area (Å²) >= 11 is 0. The second-order valence-corrected chi connectivity index (χ2v) is 7.01. The summed E-state index contributed by atoms with van der Waals surface area (Å²) in [5.41, 5.74) is 2.25. The Bertz CT molecular complexity index is 833. The lowest BCUT2D eigenvalue weighted by Crippen LogP contribution is -2.58. The lowest BCUT2D eigenvalue weighted by molar-refractivity contribution is 0.0896. The Hall–Kier alpha value is -2.91. The van der Waals surface area contributed by atoms with E-state index in [0.717, 1.165) is 30.5 Å². The van der Waals surface area contributed by atoms with Gasteiger partial charge in [0.15, 0.2) is 0 Å². The van der Waals surface area contributed by atoms with Gasteiger partial charge in [-0.25, -0.2) is 0 Å². The van der Waals surface area contributed by atoms with E-state index in [1.165, 1.54) is 0 Å². The predicted octanol–water partition coefficient (Wildman–Crippen LogP) is 4.11. The summed E-state index contributed by atoms with van der Waals surface area (Å²) in [6.07, 6.45) is 2.12. The summed E-state index contributed by atoms with van der Waals surface area (Å²) in [6.45, 7) is 0.966. The number of hydrogen-bond acceptors (Lipinski definition) is 2. The molecule has 3 aromatic rings. The average Bonchev–Trinajstić information content (AvgIpc) is 3.29. The topological polar surface area (TPSA) is 41.1 Å². The van der Waals surface area contributed by atoms with Crippen molar-refractivity contribution < 1.29 is 4.79 Å². The van der Waals surface area contributed by atoms with Crippen molar-refractivity contribution in [2.75, 3.05) is 6.54 Å². The van der Waals surface area contributed by atoms with Crippen LogP contribution in [0.3, 0.4) is 0 Å². The fourth-order valence-corrected chi connectivity index (χ4v) is 4.10. The SMILES string of the molecule is O=C(NC(c1ccccc1)(c1ccccc1)[C@@H]1CCCN1)c1ccccc1. The van der Waals surface area contributed by atoms with Gasteiger partial charge in [0.05, 0.1) is 0 Å². The Morgan fingerprint density at radius 3 is 1.81 bits per heavy atom. The number of amides is 1. The molecule has 0 aliphatic carbocycles. The van der Waals surface area contributed by atoms with Gasteiger partial charge in [0.1, 0.15) is 5.54 Å². The third-order valence-corrected chi connectivity index (χ3v) is 5.39. The van der Waals surface area contributed by atoms with Crippen molar-refractivity contribution in [1.82, 2.24) is 10.6 Å². The summed E-state index contributed by atoms with van der Waals surface area (Å²) in [6, 6.07) is 30.2. The zero-order chi connectivity index (χ0) is 18.5. The molecule has 0 spiro atoms. The van der Waals surface area contributed by atoms with Gasteiger partial charge in [-0.3, -0.25) is 4.79 Å². The summed E-state index contributed by atoms with van der Waals surface area (Å²) in [5.74, 6) is -0.0583. The lowest BCUT2D eigenvalue weighted by atomic mass is 9.76. The molecule has 0 saturated carbocycles. The van der Waals surface area contributed by atoms with E-state index in [-0.39, 0.29) is 11.9 Å². The molecule has 136 valence electrons. The Balaban J connectivity index is 1.86. The van der Waals surface area contributed by atoms with Crippen molar-refractivity contribution in [2.45, 2.75) is 24.4 Å². The van der Waals surface area contributed by atoms with Crippen LogP contribution in [0.2, 0.25) is 0 Å². The lowest BCUT2D eigenvalue weighted by Gasteiger charge is -2.41. The molecule has 1 amide bonds. The van der Waals surface area contributed by atoms with Gasteiger partial charge in [-0.2, -0.15) is 0 Å². The van der Waals surface area contributed by atoms with E-state index < -0.39 is 5.54 Å². The van der Waals surface area contributed by atoms with Crippen LogP contribution in [0, 0.1) is 0 Å². The maximum atomic E-state index is 13.2. The summed E-state index contributed by atoms with van der Waals surface area (Å²) in [7, 11) is 0. The Morgan fingerprint density at radius 1 is 0.815 bits per heavy atom. The number of rotatable bonds is 5. The molecule has 1 fully saturated rings. The third kappa shape index (κ3) is 3.38. The Kier molecular flexibility index (Phi) is 5.03. The van der Waals surface area contributed by atoms with E-state index in [2.05, 4.69) is 34.9 Å².